The first-order valence-electron chi connectivity index (χ1n) is 10.3. The summed E-state index contributed by atoms with van der Waals surface area (Å²) in [4.78, 5) is 31.3. The third-order valence-electron chi connectivity index (χ3n) is 5.30. The van der Waals surface area contributed by atoms with Crippen LogP contribution in [0.1, 0.15) is 15.9 Å². The number of pyridine rings is 1. The normalized spacial score (nSPS) is 10.8. The fourth-order valence-corrected chi connectivity index (χ4v) is 3.97. The summed E-state index contributed by atoms with van der Waals surface area (Å²) in [5, 5.41) is 10.8. The predicted molar refractivity (Wildman–Crippen MR) is 133 cm³/mol. The van der Waals surface area contributed by atoms with E-state index < -0.39 is 18.4 Å². The summed E-state index contributed by atoms with van der Waals surface area (Å²) in [6, 6.07) is 21.3. The number of aromatic nitrogens is 1. The summed E-state index contributed by atoms with van der Waals surface area (Å²) in [5.74, 6) is -0.848. The second kappa shape index (κ2) is 10.1. The van der Waals surface area contributed by atoms with Crippen LogP contribution in [0.5, 0.6) is 5.75 Å². The number of hydrogen-bond donors (Lipinski definition) is 1. The Bertz CT molecular complexity index is 1370. The van der Waals surface area contributed by atoms with E-state index >= 15 is 0 Å². The molecule has 0 saturated carbocycles. The maximum Gasteiger partial charge on any atom is 0.323 e. The molecular formula is C26H20Cl2N2O4. The molecule has 1 N–H and O–H groups in total. The molecule has 4 rings (SSSR count). The average Bonchev–Trinajstić information content (AvgIpc) is 2.84. The Morgan fingerprint density at radius 1 is 0.971 bits per heavy atom. The van der Waals surface area contributed by atoms with Crippen molar-refractivity contribution in [2.45, 2.75) is 6.54 Å². The summed E-state index contributed by atoms with van der Waals surface area (Å²) >= 11 is 12.1. The smallest absolute Gasteiger partial charge is 0.323 e. The van der Waals surface area contributed by atoms with Crippen LogP contribution in [-0.2, 0) is 11.3 Å². The molecule has 0 bridgehead atoms. The number of fused-ring (bicyclic) bond motifs is 1. The Kier molecular flexibility index (Phi) is 7.01. The lowest BCUT2D eigenvalue weighted by Crippen LogP contribution is -2.35. The number of carboxylic acids is 1. The van der Waals surface area contributed by atoms with Crippen molar-refractivity contribution in [3.05, 3.63) is 94.0 Å². The number of methoxy groups -OCH3 is 1. The molecular weight excluding hydrogens is 475 g/mol. The van der Waals surface area contributed by atoms with Crippen LogP contribution in [0.3, 0.4) is 0 Å². The molecule has 0 spiro atoms. The van der Waals surface area contributed by atoms with Crippen LogP contribution in [0, 0.1) is 0 Å². The number of carbonyl (C=O) groups is 2. The van der Waals surface area contributed by atoms with Crippen molar-refractivity contribution in [2.75, 3.05) is 13.7 Å². The van der Waals surface area contributed by atoms with Gasteiger partial charge < -0.3 is 14.7 Å². The zero-order valence-corrected chi connectivity index (χ0v) is 19.7. The van der Waals surface area contributed by atoms with Gasteiger partial charge in [-0.3, -0.25) is 9.59 Å². The van der Waals surface area contributed by atoms with Crippen LogP contribution in [0.4, 0.5) is 0 Å². The van der Waals surface area contributed by atoms with E-state index in [0.717, 1.165) is 5.56 Å². The highest BCUT2D eigenvalue weighted by molar-refractivity contribution is 6.42. The number of amides is 1. The third kappa shape index (κ3) is 5.14. The fraction of sp³-hybridized carbons (Fsp3) is 0.115. The van der Waals surface area contributed by atoms with Gasteiger partial charge in [0.1, 0.15) is 12.3 Å². The van der Waals surface area contributed by atoms with Crippen LogP contribution in [0.2, 0.25) is 10.0 Å². The van der Waals surface area contributed by atoms with Gasteiger partial charge in [0.2, 0.25) is 0 Å². The van der Waals surface area contributed by atoms with Crippen LogP contribution < -0.4 is 4.74 Å². The van der Waals surface area contributed by atoms with E-state index in [1.807, 2.05) is 42.5 Å². The number of para-hydroxylation sites is 1. The van der Waals surface area contributed by atoms with E-state index in [1.165, 1.54) is 4.90 Å². The van der Waals surface area contributed by atoms with E-state index in [9.17, 15) is 14.7 Å². The molecule has 0 aliphatic heterocycles. The summed E-state index contributed by atoms with van der Waals surface area (Å²) in [7, 11) is 1.59. The molecule has 4 aromatic rings. The minimum absolute atomic E-state index is 0.0521. The standard InChI is InChI=1S/C26H20Cl2N2O4/c1-34-18-9-7-17(8-10-18)24-13-20(19-4-2-3-5-23(19)29-24)26(33)30(15-25(31)32)14-16-6-11-21(27)22(28)12-16/h2-13H,14-15H2,1H3,(H,31,32). The van der Waals surface area contributed by atoms with Crippen molar-refractivity contribution in [3.63, 3.8) is 0 Å². The number of halogens is 2. The average molecular weight is 495 g/mol. The predicted octanol–water partition coefficient (Wildman–Crippen LogP) is 5.94. The second-order valence-electron chi connectivity index (χ2n) is 7.60. The minimum Gasteiger partial charge on any atom is -0.497 e. The van der Waals surface area contributed by atoms with Gasteiger partial charge >= 0.3 is 5.97 Å². The van der Waals surface area contributed by atoms with Crippen molar-refractivity contribution in [1.29, 1.82) is 0 Å². The molecule has 3 aromatic carbocycles. The van der Waals surface area contributed by atoms with E-state index in [4.69, 9.17) is 32.9 Å². The van der Waals surface area contributed by atoms with Gasteiger partial charge in [-0.05, 0) is 54.1 Å². The van der Waals surface area contributed by atoms with E-state index in [0.29, 0.717) is 43.5 Å². The maximum atomic E-state index is 13.7. The molecule has 6 nitrogen and oxygen atoms in total. The third-order valence-corrected chi connectivity index (χ3v) is 6.04. The van der Waals surface area contributed by atoms with Gasteiger partial charge in [0.25, 0.3) is 5.91 Å². The molecule has 1 heterocycles. The molecule has 0 aliphatic carbocycles. The SMILES string of the molecule is COc1ccc(-c2cc(C(=O)N(CC(=O)O)Cc3ccc(Cl)c(Cl)c3)c3ccccc3n2)cc1. The highest BCUT2D eigenvalue weighted by Crippen LogP contribution is 2.28. The largest absolute Gasteiger partial charge is 0.497 e. The first kappa shape index (κ1) is 23.5. The Balaban J connectivity index is 1.78. The van der Waals surface area contributed by atoms with Gasteiger partial charge in [-0.2, -0.15) is 0 Å². The quantitative estimate of drug-likeness (QED) is 0.343. The number of ether oxygens (including phenoxy) is 1. The summed E-state index contributed by atoms with van der Waals surface area (Å²) < 4.78 is 5.22. The second-order valence-corrected chi connectivity index (χ2v) is 8.42. The summed E-state index contributed by atoms with van der Waals surface area (Å²) in [6.45, 7) is -0.426. The monoisotopic (exact) mass is 494 g/mol. The number of benzene rings is 3. The van der Waals surface area contributed by atoms with E-state index in [1.54, 1.807) is 37.4 Å². The van der Waals surface area contributed by atoms with Crippen molar-refractivity contribution in [3.8, 4) is 17.0 Å². The molecule has 0 atom stereocenters. The lowest BCUT2D eigenvalue weighted by molar-refractivity contribution is -0.137. The Hall–Kier alpha value is -3.61. The van der Waals surface area contributed by atoms with Crippen LogP contribution in [-0.4, -0.2) is 40.5 Å². The first-order valence-corrected chi connectivity index (χ1v) is 11.1. The Morgan fingerprint density at radius 2 is 1.71 bits per heavy atom. The summed E-state index contributed by atoms with van der Waals surface area (Å²) in [5.41, 5.74) is 3.05. The molecule has 34 heavy (non-hydrogen) atoms. The van der Waals surface area contributed by atoms with Gasteiger partial charge in [0.05, 0.1) is 33.9 Å². The van der Waals surface area contributed by atoms with Crippen LogP contribution >= 0.6 is 23.2 Å². The van der Waals surface area contributed by atoms with Gasteiger partial charge in [-0.25, -0.2) is 4.98 Å². The minimum atomic E-state index is -1.12. The van der Waals surface area contributed by atoms with Crippen molar-refractivity contribution in [2.24, 2.45) is 0 Å². The highest BCUT2D eigenvalue weighted by Gasteiger charge is 2.22. The summed E-state index contributed by atoms with van der Waals surface area (Å²) in [6.07, 6.45) is 0. The number of hydrogen-bond acceptors (Lipinski definition) is 4. The van der Waals surface area contributed by atoms with Gasteiger partial charge in [0, 0.05) is 17.5 Å². The molecule has 0 fully saturated rings. The van der Waals surface area contributed by atoms with Crippen LogP contribution in [0.15, 0.2) is 72.8 Å². The Morgan fingerprint density at radius 3 is 2.38 bits per heavy atom. The molecule has 1 amide bonds. The number of carbonyl (C=O) groups excluding carboxylic acids is 1. The zero-order chi connectivity index (χ0) is 24.2. The van der Waals surface area contributed by atoms with Crippen molar-refractivity contribution in [1.82, 2.24) is 9.88 Å². The van der Waals surface area contributed by atoms with E-state index in [2.05, 4.69) is 0 Å². The zero-order valence-electron chi connectivity index (χ0n) is 18.2. The molecule has 1 aromatic heterocycles. The fourth-order valence-electron chi connectivity index (χ4n) is 3.65. The lowest BCUT2D eigenvalue weighted by Gasteiger charge is -2.22. The number of nitrogens with zero attached hydrogens (tertiary/aromatic N) is 2. The highest BCUT2D eigenvalue weighted by atomic mass is 35.5. The maximum absolute atomic E-state index is 13.7. The molecule has 172 valence electrons. The topological polar surface area (TPSA) is 79.7 Å². The molecule has 0 saturated heterocycles. The van der Waals surface area contributed by atoms with Gasteiger partial charge in [-0.1, -0.05) is 47.5 Å². The number of aliphatic carboxylic acids is 1. The molecule has 0 radical (unpaired) electrons. The van der Waals surface area contributed by atoms with Gasteiger partial charge in [-0.15, -0.1) is 0 Å². The first-order chi connectivity index (χ1) is 16.4. The number of carboxylic acid groups (broad SMARTS) is 1. The molecule has 8 heteroatoms. The molecule has 0 aliphatic rings. The Labute approximate surface area is 206 Å². The number of rotatable bonds is 7. The molecule has 0 unspecified atom stereocenters. The van der Waals surface area contributed by atoms with E-state index in [-0.39, 0.29) is 6.54 Å². The van der Waals surface area contributed by atoms with Crippen molar-refractivity contribution >= 4 is 46.0 Å². The van der Waals surface area contributed by atoms with Crippen LogP contribution in [0.25, 0.3) is 22.2 Å². The van der Waals surface area contributed by atoms with Gasteiger partial charge in [0.15, 0.2) is 0 Å². The van der Waals surface area contributed by atoms with Crippen molar-refractivity contribution < 1.29 is 19.4 Å². The lowest BCUT2D eigenvalue weighted by atomic mass is 10.0.